The van der Waals surface area contributed by atoms with Gasteiger partial charge in [0.25, 0.3) is 0 Å². The number of ether oxygens (including phenoxy) is 3. The molecule has 2 aromatic carbocycles. The van der Waals surface area contributed by atoms with E-state index in [9.17, 15) is 9.59 Å². The third-order valence-corrected chi connectivity index (χ3v) is 4.80. The van der Waals surface area contributed by atoms with Gasteiger partial charge in [-0.2, -0.15) is 0 Å². The Morgan fingerprint density at radius 1 is 0.935 bits per heavy atom. The van der Waals surface area contributed by atoms with Gasteiger partial charge in [-0.25, -0.2) is 0 Å². The number of nitrogens with one attached hydrogen (secondary N) is 1. The van der Waals surface area contributed by atoms with Crippen molar-refractivity contribution in [3.63, 3.8) is 0 Å². The minimum absolute atomic E-state index is 0.00186. The molecule has 0 aliphatic rings. The number of ketones is 1. The van der Waals surface area contributed by atoms with Gasteiger partial charge >= 0.3 is 0 Å². The monoisotopic (exact) mass is 427 g/mol. The average Bonchev–Trinajstić information content (AvgIpc) is 2.78. The van der Waals surface area contributed by atoms with Crippen molar-refractivity contribution in [3.05, 3.63) is 53.6 Å². The highest BCUT2D eigenvalue weighted by atomic mass is 16.5. The predicted octanol–water partition coefficient (Wildman–Crippen LogP) is 4.59. The van der Waals surface area contributed by atoms with E-state index in [0.717, 1.165) is 37.2 Å². The first-order valence-electron chi connectivity index (χ1n) is 10.8. The lowest BCUT2D eigenvalue weighted by Gasteiger charge is -2.11. The number of hydrogen-bond donors (Lipinski definition) is 1. The van der Waals surface area contributed by atoms with Crippen molar-refractivity contribution >= 4 is 11.7 Å². The Bertz CT molecular complexity index is 832. The van der Waals surface area contributed by atoms with Crippen LogP contribution < -0.4 is 19.5 Å². The summed E-state index contributed by atoms with van der Waals surface area (Å²) in [4.78, 5) is 23.5. The molecule has 0 radical (unpaired) electrons. The van der Waals surface area contributed by atoms with E-state index in [4.69, 9.17) is 14.2 Å². The van der Waals surface area contributed by atoms with Gasteiger partial charge in [-0.3, -0.25) is 9.59 Å². The van der Waals surface area contributed by atoms with Gasteiger partial charge in [0.2, 0.25) is 5.91 Å². The first kappa shape index (κ1) is 24.3. The Hall–Kier alpha value is -3.02. The Morgan fingerprint density at radius 2 is 1.68 bits per heavy atom. The number of rotatable bonds is 14. The molecule has 1 N–H and O–H groups in total. The molecule has 2 rings (SSSR count). The lowest BCUT2D eigenvalue weighted by molar-refractivity contribution is -0.121. The second kappa shape index (κ2) is 13.3. The Morgan fingerprint density at radius 3 is 2.35 bits per heavy atom. The first-order valence-corrected chi connectivity index (χ1v) is 10.8. The highest BCUT2D eigenvalue weighted by molar-refractivity contribution is 5.94. The minimum Gasteiger partial charge on any atom is -0.494 e. The highest BCUT2D eigenvalue weighted by Gasteiger charge is 2.09. The molecular formula is C25H33NO5. The molecule has 0 saturated carbocycles. The van der Waals surface area contributed by atoms with Crippen LogP contribution in [-0.2, 0) is 11.2 Å². The largest absolute Gasteiger partial charge is 0.494 e. The van der Waals surface area contributed by atoms with Crippen LogP contribution in [0.25, 0.3) is 0 Å². The number of carbonyl (C=O) groups excluding carboxylic acids is 2. The number of hydrogen-bond acceptors (Lipinski definition) is 5. The molecule has 6 heteroatoms. The van der Waals surface area contributed by atoms with Crippen molar-refractivity contribution in [2.24, 2.45) is 0 Å². The van der Waals surface area contributed by atoms with E-state index < -0.39 is 0 Å². The molecule has 0 spiro atoms. The normalized spacial score (nSPS) is 10.4. The summed E-state index contributed by atoms with van der Waals surface area (Å²) in [5, 5.41) is 2.94. The molecule has 6 nitrogen and oxygen atoms in total. The Balaban J connectivity index is 1.64. The SMILES string of the molecule is CCCCOc1ccc(CCNC(=O)CCCOc2ccc(C(C)=O)cc2OC)cc1. The van der Waals surface area contributed by atoms with Crippen LogP contribution in [0.4, 0.5) is 0 Å². The van der Waals surface area contributed by atoms with Crippen molar-refractivity contribution in [2.75, 3.05) is 26.9 Å². The predicted molar refractivity (Wildman–Crippen MR) is 121 cm³/mol. The second-order valence-electron chi connectivity index (χ2n) is 7.32. The van der Waals surface area contributed by atoms with Gasteiger partial charge in [-0.05, 0) is 62.1 Å². The molecule has 2 aromatic rings. The number of benzene rings is 2. The summed E-state index contributed by atoms with van der Waals surface area (Å²) in [7, 11) is 1.53. The Labute approximate surface area is 184 Å². The van der Waals surface area contributed by atoms with Crippen molar-refractivity contribution in [3.8, 4) is 17.2 Å². The van der Waals surface area contributed by atoms with Crippen LogP contribution in [0.3, 0.4) is 0 Å². The van der Waals surface area contributed by atoms with Crippen LogP contribution in [0, 0.1) is 0 Å². The fourth-order valence-corrected chi connectivity index (χ4v) is 2.94. The van der Waals surface area contributed by atoms with E-state index in [0.29, 0.717) is 43.1 Å². The molecule has 168 valence electrons. The lowest BCUT2D eigenvalue weighted by atomic mass is 10.1. The van der Waals surface area contributed by atoms with E-state index in [-0.39, 0.29) is 11.7 Å². The molecule has 0 atom stereocenters. The maximum atomic E-state index is 12.0. The zero-order valence-corrected chi connectivity index (χ0v) is 18.7. The van der Waals surface area contributed by atoms with Crippen molar-refractivity contribution in [1.82, 2.24) is 5.32 Å². The molecule has 31 heavy (non-hydrogen) atoms. The zero-order chi connectivity index (χ0) is 22.5. The lowest BCUT2D eigenvalue weighted by Crippen LogP contribution is -2.25. The van der Waals surface area contributed by atoms with Crippen molar-refractivity contribution in [1.29, 1.82) is 0 Å². The third kappa shape index (κ3) is 8.70. The molecule has 0 fully saturated rings. The summed E-state index contributed by atoms with van der Waals surface area (Å²) >= 11 is 0. The van der Waals surface area contributed by atoms with E-state index in [1.165, 1.54) is 14.0 Å². The van der Waals surface area contributed by atoms with Crippen LogP contribution >= 0.6 is 0 Å². The minimum atomic E-state index is -0.0298. The maximum absolute atomic E-state index is 12.0. The molecule has 1 amide bonds. The molecule has 0 bridgehead atoms. The van der Waals surface area contributed by atoms with Gasteiger partial charge in [0.1, 0.15) is 5.75 Å². The van der Waals surface area contributed by atoms with Gasteiger partial charge in [0.15, 0.2) is 17.3 Å². The molecule has 0 heterocycles. The number of methoxy groups -OCH3 is 1. The number of unbranched alkanes of at least 4 members (excludes halogenated alkanes) is 1. The van der Waals surface area contributed by atoms with Gasteiger partial charge in [0, 0.05) is 18.5 Å². The molecule has 0 saturated heterocycles. The van der Waals surface area contributed by atoms with Gasteiger partial charge < -0.3 is 19.5 Å². The Kier molecular flexibility index (Phi) is 10.4. The topological polar surface area (TPSA) is 73.9 Å². The maximum Gasteiger partial charge on any atom is 0.220 e. The van der Waals surface area contributed by atoms with Gasteiger partial charge in [0.05, 0.1) is 20.3 Å². The summed E-state index contributed by atoms with van der Waals surface area (Å²) in [6.07, 6.45) is 3.92. The number of amides is 1. The van der Waals surface area contributed by atoms with Crippen LogP contribution in [0.1, 0.15) is 55.5 Å². The highest BCUT2D eigenvalue weighted by Crippen LogP contribution is 2.28. The quantitative estimate of drug-likeness (QED) is 0.352. The second-order valence-corrected chi connectivity index (χ2v) is 7.32. The smallest absolute Gasteiger partial charge is 0.220 e. The van der Waals surface area contributed by atoms with E-state index in [1.807, 2.05) is 24.3 Å². The number of carbonyl (C=O) groups is 2. The fourth-order valence-electron chi connectivity index (χ4n) is 2.94. The molecule has 0 aromatic heterocycles. The summed E-state index contributed by atoms with van der Waals surface area (Å²) in [5.74, 6) is 1.93. The summed E-state index contributed by atoms with van der Waals surface area (Å²) in [6.45, 7) is 5.37. The fraction of sp³-hybridized carbons (Fsp3) is 0.440. The summed E-state index contributed by atoms with van der Waals surface area (Å²) < 4.78 is 16.6. The molecule has 0 aliphatic heterocycles. The summed E-state index contributed by atoms with van der Waals surface area (Å²) in [6, 6.07) is 13.1. The van der Waals surface area contributed by atoms with E-state index in [2.05, 4.69) is 12.2 Å². The molecule has 0 aliphatic carbocycles. The van der Waals surface area contributed by atoms with Crippen molar-refractivity contribution < 1.29 is 23.8 Å². The molecule has 0 unspecified atom stereocenters. The van der Waals surface area contributed by atoms with Crippen LogP contribution in [0.15, 0.2) is 42.5 Å². The molecular weight excluding hydrogens is 394 g/mol. The first-order chi connectivity index (χ1) is 15.0. The van der Waals surface area contributed by atoms with Crippen LogP contribution in [-0.4, -0.2) is 38.6 Å². The zero-order valence-electron chi connectivity index (χ0n) is 18.7. The van der Waals surface area contributed by atoms with Crippen LogP contribution in [0.5, 0.6) is 17.2 Å². The summed E-state index contributed by atoms with van der Waals surface area (Å²) in [5.41, 5.74) is 1.73. The van der Waals surface area contributed by atoms with Gasteiger partial charge in [-0.1, -0.05) is 25.5 Å². The van der Waals surface area contributed by atoms with Gasteiger partial charge in [-0.15, -0.1) is 0 Å². The van der Waals surface area contributed by atoms with E-state index >= 15 is 0 Å². The average molecular weight is 428 g/mol. The standard InChI is InChI=1S/C25H33NO5/c1-4-5-16-30-22-11-8-20(9-12-22)14-15-26-25(28)7-6-17-31-23-13-10-21(19(2)27)18-24(23)29-3/h8-13,18H,4-7,14-17H2,1-3H3,(H,26,28). The van der Waals surface area contributed by atoms with E-state index in [1.54, 1.807) is 18.2 Å². The third-order valence-electron chi connectivity index (χ3n) is 4.80. The van der Waals surface area contributed by atoms with Crippen molar-refractivity contribution in [2.45, 2.75) is 46.0 Å². The number of Topliss-reactive ketones (excluding diaryl/α,β-unsaturated/α-hetero) is 1. The van der Waals surface area contributed by atoms with Crippen LogP contribution in [0.2, 0.25) is 0 Å².